The lowest BCUT2D eigenvalue weighted by atomic mass is 9.94. The topological polar surface area (TPSA) is 29.5 Å². The summed E-state index contributed by atoms with van der Waals surface area (Å²) >= 11 is 4.31. The van der Waals surface area contributed by atoms with Crippen molar-refractivity contribution in [3.05, 3.63) is 0 Å². The maximum Gasteiger partial charge on any atom is 0.410 e. The molecule has 0 aromatic carbocycles. The van der Waals surface area contributed by atoms with E-state index in [1.165, 1.54) is 6.42 Å². The first kappa shape index (κ1) is 12.1. The molecule has 0 bridgehead atoms. The Morgan fingerprint density at radius 3 is 2.50 bits per heavy atom. The van der Waals surface area contributed by atoms with Crippen LogP contribution in [0.25, 0.3) is 0 Å². The van der Waals surface area contributed by atoms with E-state index in [1.807, 2.05) is 25.7 Å². The molecule has 0 aromatic rings. The Kier molecular flexibility index (Phi) is 3.12. The number of hydrogen-bond donors (Lipinski definition) is 1. The molecule has 2 atom stereocenters. The van der Waals surface area contributed by atoms with Gasteiger partial charge in [0, 0.05) is 13.1 Å². The van der Waals surface area contributed by atoms with E-state index in [1.54, 1.807) is 0 Å². The Morgan fingerprint density at radius 1 is 1.44 bits per heavy atom. The molecule has 3 nitrogen and oxygen atoms in total. The van der Waals surface area contributed by atoms with E-state index in [2.05, 4.69) is 12.6 Å². The lowest BCUT2D eigenvalue weighted by molar-refractivity contribution is -0.00482. The zero-order valence-electron chi connectivity index (χ0n) is 10.3. The van der Waals surface area contributed by atoms with Crippen LogP contribution in [0.2, 0.25) is 0 Å². The summed E-state index contributed by atoms with van der Waals surface area (Å²) in [4.78, 5) is 13.5. The predicted molar refractivity (Wildman–Crippen MR) is 66.7 cm³/mol. The highest BCUT2D eigenvalue weighted by molar-refractivity contribution is 7.80. The fraction of sp³-hybridized carbons (Fsp3) is 0.917. The Bertz CT molecular complexity index is 281. The lowest BCUT2D eigenvalue weighted by Crippen LogP contribution is -2.52. The molecule has 2 rings (SSSR count). The fourth-order valence-corrected chi connectivity index (χ4v) is 2.74. The van der Waals surface area contributed by atoms with Gasteiger partial charge in [-0.05, 0) is 50.7 Å². The number of carbonyl (C=O) groups excluding carboxylic acids is 1. The molecule has 0 aromatic heterocycles. The van der Waals surface area contributed by atoms with Crippen LogP contribution in [-0.2, 0) is 4.74 Å². The second-order valence-corrected chi connectivity index (χ2v) is 6.35. The monoisotopic (exact) mass is 243 g/mol. The second kappa shape index (κ2) is 4.13. The van der Waals surface area contributed by atoms with Crippen molar-refractivity contribution in [2.75, 3.05) is 18.8 Å². The second-order valence-electron chi connectivity index (χ2n) is 5.99. The largest absolute Gasteiger partial charge is 0.444 e. The zero-order valence-corrected chi connectivity index (χ0v) is 11.2. The minimum atomic E-state index is -0.380. The molecule has 1 saturated carbocycles. The molecule has 1 aliphatic carbocycles. The van der Waals surface area contributed by atoms with E-state index < -0.39 is 0 Å². The Hall–Kier alpha value is -0.380. The van der Waals surface area contributed by atoms with Crippen LogP contribution < -0.4 is 0 Å². The molecule has 2 unspecified atom stereocenters. The van der Waals surface area contributed by atoms with Gasteiger partial charge in [-0.1, -0.05) is 0 Å². The van der Waals surface area contributed by atoms with E-state index in [0.717, 1.165) is 30.7 Å². The predicted octanol–water partition coefficient (Wildman–Crippen LogP) is 2.42. The summed E-state index contributed by atoms with van der Waals surface area (Å²) in [5.74, 6) is 3.31. The third-order valence-corrected chi connectivity index (χ3v) is 3.85. The van der Waals surface area contributed by atoms with Gasteiger partial charge in [0.15, 0.2) is 0 Å². The van der Waals surface area contributed by atoms with E-state index in [9.17, 15) is 4.79 Å². The average molecular weight is 243 g/mol. The van der Waals surface area contributed by atoms with Crippen molar-refractivity contribution in [1.82, 2.24) is 4.90 Å². The molecular formula is C12H21NO2S. The minimum absolute atomic E-state index is 0.160. The normalized spacial score (nSPS) is 29.9. The van der Waals surface area contributed by atoms with Crippen LogP contribution in [0.15, 0.2) is 0 Å². The summed E-state index contributed by atoms with van der Waals surface area (Å²) in [5, 5.41) is 0. The molecule has 16 heavy (non-hydrogen) atoms. The van der Waals surface area contributed by atoms with Gasteiger partial charge in [0.25, 0.3) is 0 Å². The fourth-order valence-electron chi connectivity index (χ4n) is 2.32. The first-order valence-corrected chi connectivity index (χ1v) is 6.63. The first-order chi connectivity index (χ1) is 7.40. The van der Waals surface area contributed by atoms with Crippen LogP contribution >= 0.6 is 12.6 Å². The number of rotatable bonds is 2. The van der Waals surface area contributed by atoms with Crippen LogP contribution in [0, 0.1) is 17.8 Å². The number of ether oxygens (including phenoxy) is 1. The maximum absolute atomic E-state index is 11.7. The summed E-state index contributed by atoms with van der Waals surface area (Å²) in [7, 11) is 0. The Morgan fingerprint density at radius 2 is 2.06 bits per heavy atom. The Labute approximate surface area is 103 Å². The van der Waals surface area contributed by atoms with Crippen molar-refractivity contribution in [3.63, 3.8) is 0 Å². The van der Waals surface area contributed by atoms with Gasteiger partial charge in [-0.25, -0.2) is 4.79 Å². The smallest absolute Gasteiger partial charge is 0.410 e. The van der Waals surface area contributed by atoms with E-state index in [4.69, 9.17) is 4.74 Å². The van der Waals surface area contributed by atoms with Crippen LogP contribution in [-0.4, -0.2) is 35.4 Å². The third-order valence-electron chi connectivity index (χ3n) is 3.38. The van der Waals surface area contributed by atoms with E-state index in [-0.39, 0.29) is 11.7 Å². The van der Waals surface area contributed by atoms with Crippen molar-refractivity contribution < 1.29 is 9.53 Å². The molecule has 0 spiro atoms. The standard InChI is InChI=1S/C12H21NO2S/c1-12(2,3)15-11(14)13-5-9(6-13)10-4-8(10)7-16/h8-10,16H,4-7H2,1-3H3. The van der Waals surface area contributed by atoms with Gasteiger partial charge in [-0.15, -0.1) is 0 Å². The minimum Gasteiger partial charge on any atom is -0.444 e. The van der Waals surface area contributed by atoms with Crippen LogP contribution in [0.5, 0.6) is 0 Å². The molecular weight excluding hydrogens is 222 g/mol. The highest BCUT2D eigenvalue weighted by Crippen LogP contribution is 2.48. The summed E-state index contributed by atoms with van der Waals surface area (Å²) in [5.41, 5.74) is -0.380. The van der Waals surface area contributed by atoms with Gasteiger partial charge in [0.2, 0.25) is 0 Å². The molecule has 4 heteroatoms. The number of likely N-dealkylation sites (tertiary alicyclic amines) is 1. The number of thiol groups is 1. The van der Waals surface area contributed by atoms with E-state index in [0.29, 0.717) is 5.92 Å². The highest BCUT2D eigenvalue weighted by atomic mass is 32.1. The molecule has 1 saturated heterocycles. The van der Waals surface area contributed by atoms with Gasteiger partial charge >= 0.3 is 6.09 Å². The SMILES string of the molecule is CC(C)(C)OC(=O)N1CC(C2CC2CS)C1. The van der Waals surface area contributed by atoms with Crippen LogP contribution in [0.3, 0.4) is 0 Å². The van der Waals surface area contributed by atoms with Gasteiger partial charge in [-0.3, -0.25) is 0 Å². The van der Waals surface area contributed by atoms with Crippen molar-refractivity contribution in [2.45, 2.75) is 32.8 Å². The molecule has 0 N–H and O–H groups in total. The molecule has 0 radical (unpaired) electrons. The van der Waals surface area contributed by atoms with Crippen molar-refractivity contribution in [1.29, 1.82) is 0 Å². The van der Waals surface area contributed by atoms with Gasteiger partial charge in [0.05, 0.1) is 0 Å². The highest BCUT2D eigenvalue weighted by Gasteiger charge is 2.48. The quantitative estimate of drug-likeness (QED) is 0.755. The number of amides is 1. The van der Waals surface area contributed by atoms with Gasteiger partial charge in [-0.2, -0.15) is 12.6 Å². The van der Waals surface area contributed by atoms with Crippen LogP contribution in [0.1, 0.15) is 27.2 Å². The third kappa shape index (κ3) is 2.65. The summed E-state index contributed by atoms with van der Waals surface area (Å²) < 4.78 is 5.32. The molecule has 1 heterocycles. The molecule has 1 aliphatic heterocycles. The molecule has 92 valence electrons. The van der Waals surface area contributed by atoms with Crippen LogP contribution in [0.4, 0.5) is 4.79 Å². The molecule has 2 aliphatic rings. The van der Waals surface area contributed by atoms with Crippen molar-refractivity contribution in [2.24, 2.45) is 17.8 Å². The number of nitrogens with zero attached hydrogens (tertiary/aromatic N) is 1. The zero-order chi connectivity index (χ0) is 11.9. The molecule has 1 amide bonds. The Balaban J connectivity index is 1.70. The maximum atomic E-state index is 11.7. The van der Waals surface area contributed by atoms with E-state index >= 15 is 0 Å². The summed E-state index contributed by atoms with van der Waals surface area (Å²) in [6.07, 6.45) is 1.14. The first-order valence-electron chi connectivity index (χ1n) is 5.99. The molecule has 2 fully saturated rings. The number of hydrogen-bond acceptors (Lipinski definition) is 3. The number of carbonyl (C=O) groups is 1. The lowest BCUT2D eigenvalue weighted by Gasteiger charge is -2.40. The van der Waals surface area contributed by atoms with Crippen molar-refractivity contribution >= 4 is 18.7 Å². The average Bonchev–Trinajstić information content (AvgIpc) is 2.77. The van der Waals surface area contributed by atoms with Gasteiger partial charge < -0.3 is 9.64 Å². The van der Waals surface area contributed by atoms with Gasteiger partial charge in [0.1, 0.15) is 5.60 Å². The van der Waals surface area contributed by atoms with Crippen molar-refractivity contribution in [3.8, 4) is 0 Å². The summed E-state index contributed by atoms with van der Waals surface area (Å²) in [6.45, 7) is 7.47. The summed E-state index contributed by atoms with van der Waals surface area (Å²) in [6, 6.07) is 0.